The Morgan fingerprint density at radius 2 is 1.75 bits per heavy atom. The van der Waals surface area contributed by atoms with E-state index in [0.29, 0.717) is 5.56 Å². The number of rotatable bonds is 6. The number of carbonyl (C=O) groups is 2. The molecule has 6 heteroatoms. The lowest BCUT2D eigenvalue weighted by atomic mass is 9.93. The Hall–Kier alpha value is -3.85. The molecule has 1 saturated carbocycles. The van der Waals surface area contributed by atoms with E-state index in [2.05, 4.69) is 6.07 Å². The lowest BCUT2D eigenvalue weighted by Gasteiger charge is -2.34. The van der Waals surface area contributed by atoms with Crippen LogP contribution < -0.4 is 4.90 Å². The summed E-state index contributed by atoms with van der Waals surface area (Å²) in [5, 5.41) is 20.0. The zero-order valence-corrected chi connectivity index (χ0v) is 17.8. The van der Waals surface area contributed by atoms with Gasteiger partial charge >= 0.3 is 5.97 Å². The van der Waals surface area contributed by atoms with Gasteiger partial charge in [-0.2, -0.15) is 5.26 Å². The monoisotopic (exact) mass is 427 g/mol. The molecule has 0 bridgehead atoms. The number of hydrogen-bond acceptors (Lipinski definition) is 3. The molecule has 0 spiro atoms. The van der Waals surface area contributed by atoms with Gasteiger partial charge in [-0.15, -0.1) is 0 Å². The first kappa shape index (κ1) is 21.4. The highest BCUT2D eigenvalue weighted by molar-refractivity contribution is 6.12. The smallest absolute Gasteiger partial charge is 0.323 e. The Labute approximate surface area is 187 Å². The van der Waals surface area contributed by atoms with Crippen LogP contribution in [0.4, 0.5) is 5.69 Å². The second-order valence-corrected chi connectivity index (χ2v) is 8.10. The fraction of sp³-hybridized carbons (Fsp3) is 0.269. The number of hydrogen-bond donors (Lipinski definition) is 1. The van der Waals surface area contributed by atoms with Gasteiger partial charge in [0, 0.05) is 34.4 Å². The third-order valence-electron chi connectivity index (χ3n) is 5.97. The van der Waals surface area contributed by atoms with Crippen LogP contribution in [0.3, 0.4) is 0 Å². The van der Waals surface area contributed by atoms with Crippen LogP contribution in [0, 0.1) is 11.3 Å². The van der Waals surface area contributed by atoms with Gasteiger partial charge < -0.3 is 14.6 Å². The highest BCUT2D eigenvalue weighted by Gasteiger charge is 2.29. The van der Waals surface area contributed by atoms with Gasteiger partial charge in [-0.05, 0) is 37.1 Å². The quantitative estimate of drug-likeness (QED) is 0.443. The molecule has 1 aliphatic rings. The van der Waals surface area contributed by atoms with Gasteiger partial charge in [-0.3, -0.25) is 9.59 Å². The number of aliphatic carboxylic acids is 1. The first-order valence-corrected chi connectivity index (χ1v) is 10.9. The van der Waals surface area contributed by atoms with Gasteiger partial charge in [-0.1, -0.05) is 55.7 Å². The molecule has 3 aromatic rings. The van der Waals surface area contributed by atoms with Crippen LogP contribution >= 0.6 is 0 Å². The van der Waals surface area contributed by atoms with E-state index in [1.165, 1.54) is 0 Å². The van der Waals surface area contributed by atoms with E-state index in [1.807, 2.05) is 54.6 Å². The van der Waals surface area contributed by atoms with Gasteiger partial charge in [0.1, 0.15) is 18.2 Å². The molecule has 0 atom stereocenters. The molecule has 162 valence electrons. The Balaban J connectivity index is 1.76. The molecule has 6 nitrogen and oxygen atoms in total. The van der Waals surface area contributed by atoms with Crippen LogP contribution in [0.15, 0.2) is 66.4 Å². The molecular formula is C26H25N3O3. The maximum Gasteiger partial charge on any atom is 0.323 e. The summed E-state index contributed by atoms with van der Waals surface area (Å²) in [7, 11) is 0. The Bertz CT molecular complexity index is 1200. The topological polar surface area (TPSA) is 86.3 Å². The molecular weight excluding hydrogens is 402 g/mol. The molecule has 0 aliphatic heterocycles. The third kappa shape index (κ3) is 4.42. The molecule has 0 unspecified atom stereocenters. The number of nitriles is 1. The maximum atomic E-state index is 13.6. The minimum Gasteiger partial charge on any atom is -0.480 e. The molecule has 4 rings (SSSR count). The van der Waals surface area contributed by atoms with Crippen LogP contribution in [-0.2, 0) is 16.1 Å². The van der Waals surface area contributed by atoms with Crippen molar-refractivity contribution in [1.29, 1.82) is 5.26 Å². The fourth-order valence-corrected chi connectivity index (χ4v) is 4.52. The summed E-state index contributed by atoms with van der Waals surface area (Å²) >= 11 is 0. The molecule has 1 aromatic heterocycles. The summed E-state index contributed by atoms with van der Waals surface area (Å²) < 4.78 is 1.62. The average molecular weight is 428 g/mol. The number of carboxylic acid groups (broad SMARTS) is 1. The molecule has 1 N–H and O–H groups in total. The summed E-state index contributed by atoms with van der Waals surface area (Å²) in [6.45, 7) is -0.192. The van der Waals surface area contributed by atoms with E-state index in [4.69, 9.17) is 0 Å². The van der Waals surface area contributed by atoms with Crippen LogP contribution in [0.25, 0.3) is 17.0 Å². The fourth-order valence-electron chi connectivity index (χ4n) is 4.52. The first-order chi connectivity index (χ1) is 15.6. The number of para-hydroxylation sites is 2. The number of benzene rings is 2. The van der Waals surface area contributed by atoms with Crippen molar-refractivity contribution in [1.82, 2.24) is 4.57 Å². The van der Waals surface area contributed by atoms with Crippen molar-refractivity contribution in [3.05, 3.63) is 71.9 Å². The Morgan fingerprint density at radius 3 is 2.44 bits per heavy atom. The number of carbonyl (C=O) groups excluding carboxylic acids is 1. The van der Waals surface area contributed by atoms with Crippen molar-refractivity contribution in [2.45, 2.75) is 44.7 Å². The highest BCUT2D eigenvalue weighted by Crippen LogP contribution is 2.30. The van der Waals surface area contributed by atoms with Crippen molar-refractivity contribution in [2.24, 2.45) is 0 Å². The summed E-state index contributed by atoms with van der Waals surface area (Å²) in [5.41, 5.74) is 2.23. The van der Waals surface area contributed by atoms with E-state index >= 15 is 0 Å². The van der Waals surface area contributed by atoms with Gasteiger partial charge in [0.05, 0.1) is 0 Å². The first-order valence-electron chi connectivity index (χ1n) is 10.9. The lowest BCUT2D eigenvalue weighted by molar-refractivity contribution is -0.137. The molecule has 1 heterocycles. The van der Waals surface area contributed by atoms with E-state index < -0.39 is 5.97 Å². The number of nitrogens with zero attached hydrogens (tertiary/aromatic N) is 3. The molecule has 1 fully saturated rings. The molecule has 1 aliphatic carbocycles. The summed E-state index contributed by atoms with van der Waals surface area (Å²) in [6.07, 6.45) is 8.40. The predicted molar refractivity (Wildman–Crippen MR) is 124 cm³/mol. The van der Waals surface area contributed by atoms with E-state index in [1.54, 1.807) is 21.7 Å². The third-order valence-corrected chi connectivity index (χ3v) is 5.97. The SMILES string of the molecule is N#C/C(=C\c1cn(CC(=O)O)c2ccccc12)C(=O)N(c1ccccc1)C1CCCCC1. The van der Waals surface area contributed by atoms with E-state index in [-0.39, 0.29) is 24.1 Å². The number of anilines is 1. The van der Waals surface area contributed by atoms with Crippen molar-refractivity contribution < 1.29 is 14.7 Å². The van der Waals surface area contributed by atoms with Gasteiger partial charge in [-0.25, -0.2) is 0 Å². The summed E-state index contributed by atoms with van der Waals surface area (Å²) in [4.78, 5) is 26.7. The molecule has 0 saturated heterocycles. The summed E-state index contributed by atoms with van der Waals surface area (Å²) in [5.74, 6) is -1.27. The van der Waals surface area contributed by atoms with E-state index in [0.717, 1.165) is 48.7 Å². The van der Waals surface area contributed by atoms with Crippen LogP contribution in [-0.4, -0.2) is 27.6 Å². The normalized spacial score (nSPS) is 14.8. The maximum absolute atomic E-state index is 13.6. The molecule has 32 heavy (non-hydrogen) atoms. The largest absolute Gasteiger partial charge is 0.480 e. The lowest BCUT2D eigenvalue weighted by Crippen LogP contribution is -2.42. The van der Waals surface area contributed by atoms with Gasteiger partial charge in [0.2, 0.25) is 0 Å². The van der Waals surface area contributed by atoms with Crippen LogP contribution in [0.1, 0.15) is 37.7 Å². The minimum absolute atomic E-state index is 0.0395. The zero-order valence-electron chi connectivity index (χ0n) is 17.8. The molecule has 2 aromatic carbocycles. The van der Waals surface area contributed by atoms with Crippen molar-refractivity contribution in [3.63, 3.8) is 0 Å². The van der Waals surface area contributed by atoms with E-state index in [9.17, 15) is 20.0 Å². The predicted octanol–water partition coefficient (Wildman–Crippen LogP) is 5.00. The summed E-state index contributed by atoms with van der Waals surface area (Å²) in [6, 6.07) is 19.1. The van der Waals surface area contributed by atoms with Gasteiger partial charge in [0.15, 0.2) is 0 Å². The minimum atomic E-state index is -0.953. The van der Waals surface area contributed by atoms with Crippen LogP contribution in [0.5, 0.6) is 0 Å². The number of aromatic nitrogens is 1. The Morgan fingerprint density at radius 1 is 1.06 bits per heavy atom. The highest BCUT2D eigenvalue weighted by atomic mass is 16.4. The standard InChI is InChI=1S/C26H25N3O3/c27-16-19(15-20-17-28(18-25(30)31)24-14-8-7-13-23(20)24)26(32)29(21-9-3-1-4-10-21)22-11-5-2-6-12-22/h1,3-4,7-10,13-15,17,22H,2,5-6,11-12,18H2,(H,30,31)/b19-15+. The van der Waals surface area contributed by atoms with Crippen molar-refractivity contribution >= 4 is 34.5 Å². The van der Waals surface area contributed by atoms with Crippen molar-refractivity contribution in [2.75, 3.05) is 4.90 Å². The zero-order chi connectivity index (χ0) is 22.5. The second-order valence-electron chi connectivity index (χ2n) is 8.10. The molecule has 0 radical (unpaired) electrons. The van der Waals surface area contributed by atoms with Crippen LogP contribution in [0.2, 0.25) is 0 Å². The van der Waals surface area contributed by atoms with Crippen molar-refractivity contribution in [3.8, 4) is 6.07 Å². The Kier molecular flexibility index (Phi) is 6.37. The van der Waals surface area contributed by atoms with Gasteiger partial charge in [0.25, 0.3) is 5.91 Å². The second kappa shape index (κ2) is 9.52. The average Bonchev–Trinajstić information content (AvgIpc) is 3.15. The number of amides is 1. The number of fused-ring (bicyclic) bond motifs is 1. The number of carboxylic acids is 1. The molecule has 1 amide bonds.